The summed E-state index contributed by atoms with van der Waals surface area (Å²) in [7, 11) is 1.63. The van der Waals surface area contributed by atoms with Crippen molar-refractivity contribution in [3.8, 4) is 11.3 Å². The van der Waals surface area contributed by atoms with Crippen molar-refractivity contribution in [2.45, 2.75) is 25.0 Å². The molecule has 3 fully saturated rings. The number of pyridine rings is 1. The Hall–Kier alpha value is -2.95. The molecule has 3 aliphatic heterocycles. The summed E-state index contributed by atoms with van der Waals surface area (Å²) in [6, 6.07) is 11.8. The van der Waals surface area contributed by atoms with Crippen molar-refractivity contribution in [2.75, 3.05) is 67.8 Å². The van der Waals surface area contributed by atoms with Gasteiger partial charge in [0.1, 0.15) is 5.82 Å². The fraction of sp³-hybridized carbons (Fsp3) is 0.481. The summed E-state index contributed by atoms with van der Waals surface area (Å²) in [5, 5.41) is 3.61. The highest BCUT2D eigenvalue weighted by molar-refractivity contribution is 7.99. The third-order valence-electron chi connectivity index (χ3n) is 7.41. The Morgan fingerprint density at radius 3 is 2.89 bits per heavy atom. The number of nitrogens with zero attached hydrogens (tertiary/aromatic N) is 5. The van der Waals surface area contributed by atoms with Gasteiger partial charge in [-0.2, -0.15) is 21.7 Å². The molecular weight excluding hydrogens is 488 g/mol. The van der Waals surface area contributed by atoms with Crippen molar-refractivity contribution in [1.82, 2.24) is 20.3 Å². The van der Waals surface area contributed by atoms with Crippen molar-refractivity contribution >= 4 is 40.5 Å². The number of carbonyl (C=O) groups excluding carboxylic acids is 1. The normalized spacial score (nSPS) is 24.1. The van der Waals surface area contributed by atoms with E-state index < -0.39 is 0 Å². The Labute approximate surface area is 221 Å². The van der Waals surface area contributed by atoms with Gasteiger partial charge in [0.25, 0.3) is 5.91 Å². The molecule has 2 atom stereocenters. The Balaban J connectivity index is 1.44. The average Bonchev–Trinajstić information content (AvgIpc) is 3.39. The van der Waals surface area contributed by atoms with Crippen molar-refractivity contribution in [3.63, 3.8) is 0 Å². The molecule has 0 unspecified atom stereocenters. The van der Waals surface area contributed by atoms with Crippen LogP contribution in [-0.4, -0.2) is 90.5 Å². The molecule has 3 saturated heterocycles. The Bertz CT molecular complexity index is 1310. The number of nitrogens with one attached hydrogen (secondary N) is 1. The number of anilines is 2. The highest BCUT2D eigenvalue weighted by Gasteiger charge is 2.41. The van der Waals surface area contributed by atoms with E-state index in [1.165, 1.54) is 0 Å². The molecular formula is C27H32N6O3S. The van der Waals surface area contributed by atoms with Gasteiger partial charge in [0, 0.05) is 37.0 Å². The van der Waals surface area contributed by atoms with Crippen LogP contribution < -0.4 is 15.1 Å². The monoisotopic (exact) mass is 520 g/mol. The van der Waals surface area contributed by atoms with Gasteiger partial charge in [-0.1, -0.05) is 12.1 Å². The van der Waals surface area contributed by atoms with Crippen LogP contribution in [-0.2, 0) is 9.47 Å². The van der Waals surface area contributed by atoms with Gasteiger partial charge < -0.3 is 24.6 Å². The molecule has 0 bridgehead atoms. The molecule has 194 valence electrons. The summed E-state index contributed by atoms with van der Waals surface area (Å²) in [4.78, 5) is 31.9. The number of amides is 1. The number of morpholine rings is 2. The number of thioether (sulfide) groups is 1. The van der Waals surface area contributed by atoms with E-state index in [1.54, 1.807) is 13.1 Å². The Kier molecular flexibility index (Phi) is 6.64. The molecule has 1 N–H and O–H groups in total. The number of ether oxygens (including phenoxy) is 2. The molecule has 9 nitrogen and oxygen atoms in total. The van der Waals surface area contributed by atoms with Crippen LogP contribution in [0.3, 0.4) is 0 Å². The Morgan fingerprint density at radius 1 is 1.16 bits per heavy atom. The summed E-state index contributed by atoms with van der Waals surface area (Å²) in [6.07, 6.45) is 1.05. The van der Waals surface area contributed by atoms with Gasteiger partial charge in [-0.05, 0) is 43.4 Å². The van der Waals surface area contributed by atoms with E-state index in [0.29, 0.717) is 37.0 Å². The first kappa shape index (κ1) is 24.4. The zero-order valence-electron chi connectivity index (χ0n) is 21.3. The largest absolute Gasteiger partial charge is 0.377 e. The van der Waals surface area contributed by atoms with Crippen LogP contribution in [0.5, 0.6) is 0 Å². The molecule has 1 spiro atoms. The number of benzene rings is 1. The minimum atomic E-state index is -0.123. The molecule has 6 rings (SSSR count). The molecule has 0 radical (unpaired) electrons. The lowest BCUT2D eigenvalue weighted by Gasteiger charge is -2.40. The number of fused-ring (bicyclic) bond motifs is 1. The summed E-state index contributed by atoms with van der Waals surface area (Å²) in [6.45, 7) is 6.48. The molecule has 0 saturated carbocycles. The van der Waals surface area contributed by atoms with Crippen molar-refractivity contribution in [2.24, 2.45) is 0 Å². The average molecular weight is 521 g/mol. The molecule has 1 aromatic carbocycles. The standard InChI is InChI=1S/C27H32N6O3S/c1-18-15-35-11-10-33(18)24-21-6-7-22(19-4-3-5-20(14-19)25(34)28-2)29-23(21)30-26(31-24)32-9-12-36-27(16-32)8-13-37-17-27/h3-7,14,18H,8-13,15-17H2,1-2H3,(H,28,34)/t18-,27+/m0/s1. The quantitative estimate of drug-likeness (QED) is 0.557. The second-order valence-corrected chi connectivity index (χ2v) is 11.1. The van der Waals surface area contributed by atoms with Gasteiger partial charge in [-0.25, -0.2) is 4.98 Å². The number of aromatic nitrogens is 3. The Morgan fingerprint density at radius 2 is 2.08 bits per heavy atom. The van der Waals surface area contributed by atoms with Crippen molar-refractivity contribution < 1.29 is 14.3 Å². The van der Waals surface area contributed by atoms with Crippen LogP contribution in [0.2, 0.25) is 0 Å². The molecule has 0 aliphatic carbocycles. The first-order valence-corrected chi connectivity index (χ1v) is 14.0. The van der Waals surface area contributed by atoms with Gasteiger partial charge in [0.2, 0.25) is 5.95 Å². The SMILES string of the molecule is CNC(=O)c1cccc(-c2ccc3c(N4CCOC[C@@H]4C)nc(N4CCO[C@]5(CCSC5)C4)nc3n2)c1. The molecule has 3 aliphatic rings. The number of hydrogen-bond acceptors (Lipinski definition) is 9. The van der Waals surface area contributed by atoms with Gasteiger partial charge >= 0.3 is 0 Å². The van der Waals surface area contributed by atoms with Crippen LogP contribution in [0.15, 0.2) is 36.4 Å². The smallest absolute Gasteiger partial charge is 0.251 e. The van der Waals surface area contributed by atoms with E-state index in [4.69, 9.17) is 24.4 Å². The molecule has 3 aromatic rings. The fourth-order valence-corrected chi connectivity index (χ4v) is 6.70. The van der Waals surface area contributed by atoms with Gasteiger partial charge in [-0.15, -0.1) is 0 Å². The lowest BCUT2D eigenvalue weighted by Crippen LogP contribution is -2.52. The number of hydrogen-bond donors (Lipinski definition) is 1. The summed E-state index contributed by atoms with van der Waals surface area (Å²) < 4.78 is 12.0. The molecule has 5 heterocycles. The minimum Gasteiger partial charge on any atom is -0.377 e. The maximum atomic E-state index is 12.2. The lowest BCUT2D eigenvalue weighted by molar-refractivity contribution is -0.0360. The van der Waals surface area contributed by atoms with Gasteiger partial charge in [0.15, 0.2) is 5.65 Å². The number of rotatable bonds is 4. The van der Waals surface area contributed by atoms with Crippen LogP contribution in [0, 0.1) is 0 Å². The van der Waals surface area contributed by atoms with Crippen molar-refractivity contribution in [3.05, 3.63) is 42.0 Å². The van der Waals surface area contributed by atoms with Crippen LogP contribution >= 0.6 is 11.8 Å². The van der Waals surface area contributed by atoms with Gasteiger partial charge in [-0.3, -0.25) is 4.79 Å². The zero-order valence-corrected chi connectivity index (χ0v) is 22.1. The predicted octanol–water partition coefficient (Wildman–Crippen LogP) is 2.99. The van der Waals surface area contributed by atoms with E-state index in [1.807, 2.05) is 36.0 Å². The number of carbonyl (C=O) groups is 1. The molecule has 1 amide bonds. The van der Waals surface area contributed by atoms with Gasteiger partial charge in [0.05, 0.1) is 49.1 Å². The second kappa shape index (κ2) is 10.1. The van der Waals surface area contributed by atoms with E-state index in [9.17, 15) is 4.79 Å². The summed E-state index contributed by atoms with van der Waals surface area (Å²) in [5.74, 6) is 3.61. The van der Waals surface area contributed by atoms with Crippen LogP contribution in [0.25, 0.3) is 22.3 Å². The lowest BCUT2D eigenvalue weighted by atomic mass is 10.0. The second-order valence-electron chi connectivity index (χ2n) is 9.95. The maximum Gasteiger partial charge on any atom is 0.251 e. The third-order valence-corrected chi connectivity index (χ3v) is 8.64. The third kappa shape index (κ3) is 4.73. The van der Waals surface area contributed by atoms with Crippen molar-refractivity contribution in [1.29, 1.82) is 0 Å². The highest BCUT2D eigenvalue weighted by Crippen LogP contribution is 2.36. The summed E-state index contributed by atoms with van der Waals surface area (Å²) in [5.41, 5.74) is 2.78. The van der Waals surface area contributed by atoms with Crippen LogP contribution in [0.4, 0.5) is 11.8 Å². The zero-order chi connectivity index (χ0) is 25.4. The van der Waals surface area contributed by atoms with E-state index in [2.05, 4.69) is 28.1 Å². The fourth-order valence-electron chi connectivity index (χ4n) is 5.35. The van der Waals surface area contributed by atoms with E-state index in [-0.39, 0.29) is 17.6 Å². The highest BCUT2D eigenvalue weighted by atomic mass is 32.2. The molecule has 2 aromatic heterocycles. The first-order valence-electron chi connectivity index (χ1n) is 12.9. The molecule has 37 heavy (non-hydrogen) atoms. The molecule has 10 heteroatoms. The summed E-state index contributed by atoms with van der Waals surface area (Å²) >= 11 is 1.95. The van der Waals surface area contributed by atoms with E-state index in [0.717, 1.165) is 60.0 Å². The first-order chi connectivity index (χ1) is 18.0. The van der Waals surface area contributed by atoms with E-state index >= 15 is 0 Å². The van der Waals surface area contributed by atoms with Crippen LogP contribution in [0.1, 0.15) is 23.7 Å². The topological polar surface area (TPSA) is 92.7 Å². The predicted molar refractivity (Wildman–Crippen MR) is 147 cm³/mol. The minimum absolute atomic E-state index is 0.122. The maximum absolute atomic E-state index is 12.2.